The number of halogens is 1. The zero-order chi connectivity index (χ0) is 21.3. The van der Waals surface area contributed by atoms with Gasteiger partial charge >= 0.3 is 0 Å². The molecule has 4 rings (SSSR count). The lowest BCUT2D eigenvalue weighted by atomic mass is 9.92. The third-order valence-electron chi connectivity index (χ3n) is 4.71. The molecule has 0 aliphatic carbocycles. The first kappa shape index (κ1) is 19.3. The Morgan fingerprint density at radius 2 is 1.87 bits per heavy atom. The first-order valence-corrected chi connectivity index (χ1v) is 9.24. The van der Waals surface area contributed by atoms with E-state index in [1.807, 2.05) is 31.2 Å². The molecule has 9 heteroatoms. The molecule has 0 radical (unpaired) electrons. The number of carbonyl (C=O) groups is 2. The maximum atomic E-state index is 13.9. The van der Waals surface area contributed by atoms with Crippen LogP contribution in [-0.4, -0.2) is 21.8 Å². The Labute approximate surface area is 170 Å². The van der Waals surface area contributed by atoms with Gasteiger partial charge in [0, 0.05) is 12.1 Å². The van der Waals surface area contributed by atoms with E-state index < -0.39 is 29.1 Å². The van der Waals surface area contributed by atoms with E-state index in [-0.39, 0.29) is 29.4 Å². The number of benzene rings is 2. The van der Waals surface area contributed by atoms with Crippen molar-refractivity contribution in [2.45, 2.75) is 19.3 Å². The van der Waals surface area contributed by atoms with Crippen LogP contribution in [0, 0.1) is 12.7 Å². The SMILES string of the molecule is Cc1ccc(Nc2nc3c(c(=O)[nH]2)C(C(=O)Nc2ccccc2F)CC(=O)N3)cc1. The van der Waals surface area contributed by atoms with Crippen molar-refractivity contribution < 1.29 is 14.0 Å². The van der Waals surface area contributed by atoms with Crippen molar-refractivity contribution in [3.63, 3.8) is 0 Å². The number of anilines is 4. The Kier molecular flexibility index (Phi) is 5.01. The van der Waals surface area contributed by atoms with E-state index in [0.717, 1.165) is 5.56 Å². The molecule has 1 aliphatic rings. The number of aromatic nitrogens is 2. The van der Waals surface area contributed by atoms with Crippen LogP contribution in [-0.2, 0) is 9.59 Å². The average Bonchev–Trinajstić information content (AvgIpc) is 2.70. The van der Waals surface area contributed by atoms with E-state index in [9.17, 15) is 18.8 Å². The Hall–Kier alpha value is -4.01. The molecule has 0 saturated carbocycles. The molecule has 2 heterocycles. The highest BCUT2D eigenvalue weighted by molar-refractivity contribution is 6.04. The van der Waals surface area contributed by atoms with E-state index in [0.29, 0.717) is 5.69 Å². The van der Waals surface area contributed by atoms with E-state index in [2.05, 4.69) is 25.9 Å². The minimum Gasteiger partial charge on any atom is -0.326 e. The number of nitrogens with zero attached hydrogens (tertiary/aromatic N) is 1. The molecule has 0 spiro atoms. The summed E-state index contributed by atoms with van der Waals surface area (Å²) in [7, 11) is 0. The zero-order valence-electron chi connectivity index (χ0n) is 16.0. The number of amides is 2. The molecule has 0 saturated heterocycles. The molecular formula is C21H18FN5O3. The highest BCUT2D eigenvalue weighted by atomic mass is 19.1. The lowest BCUT2D eigenvalue weighted by Crippen LogP contribution is -2.36. The third kappa shape index (κ3) is 3.90. The number of aromatic amines is 1. The van der Waals surface area contributed by atoms with Crippen molar-refractivity contribution in [3.8, 4) is 0 Å². The lowest BCUT2D eigenvalue weighted by molar-refractivity contribution is -0.123. The smallest absolute Gasteiger partial charge is 0.258 e. The maximum Gasteiger partial charge on any atom is 0.258 e. The molecule has 1 aromatic heterocycles. The fourth-order valence-electron chi connectivity index (χ4n) is 3.21. The summed E-state index contributed by atoms with van der Waals surface area (Å²) < 4.78 is 13.9. The number of hydrogen-bond donors (Lipinski definition) is 4. The van der Waals surface area contributed by atoms with E-state index in [4.69, 9.17) is 0 Å². The predicted molar refractivity (Wildman–Crippen MR) is 110 cm³/mol. The van der Waals surface area contributed by atoms with Crippen molar-refractivity contribution >= 4 is 35.0 Å². The zero-order valence-corrected chi connectivity index (χ0v) is 16.0. The quantitative estimate of drug-likeness (QED) is 0.531. The number of aryl methyl sites for hydroxylation is 1. The number of para-hydroxylation sites is 1. The molecule has 1 unspecified atom stereocenters. The number of nitrogens with one attached hydrogen (secondary N) is 4. The minimum atomic E-state index is -1.10. The summed E-state index contributed by atoms with van der Waals surface area (Å²) in [5.74, 6) is -2.72. The van der Waals surface area contributed by atoms with Gasteiger partial charge in [-0.25, -0.2) is 4.39 Å². The van der Waals surface area contributed by atoms with Gasteiger partial charge in [0.2, 0.25) is 17.8 Å². The molecule has 1 aliphatic heterocycles. The molecular weight excluding hydrogens is 389 g/mol. The molecule has 0 bridgehead atoms. The molecule has 4 N–H and O–H groups in total. The van der Waals surface area contributed by atoms with Crippen molar-refractivity contribution in [2.24, 2.45) is 0 Å². The van der Waals surface area contributed by atoms with Crippen LogP contribution >= 0.6 is 0 Å². The molecule has 152 valence electrons. The van der Waals surface area contributed by atoms with Crippen molar-refractivity contribution in [1.29, 1.82) is 0 Å². The Balaban J connectivity index is 1.64. The largest absolute Gasteiger partial charge is 0.326 e. The number of hydrogen-bond acceptors (Lipinski definition) is 5. The van der Waals surface area contributed by atoms with Crippen LogP contribution in [0.5, 0.6) is 0 Å². The molecule has 2 aromatic carbocycles. The third-order valence-corrected chi connectivity index (χ3v) is 4.71. The second kappa shape index (κ2) is 7.78. The molecule has 2 amide bonds. The fourth-order valence-corrected chi connectivity index (χ4v) is 3.21. The maximum absolute atomic E-state index is 13.9. The molecule has 30 heavy (non-hydrogen) atoms. The first-order chi connectivity index (χ1) is 14.4. The molecule has 3 aromatic rings. The van der Waals surface area contributed by atoms with Gasteiger partial charge in [0.15, 0.2) is 0 Å². The topological polar surface area (TPSA) is 116 Å². The standard InChI is InChI=1S/C21H18FN5O3/c1-11-6-8-12(9-7-11)23-21-26-18-17(20(30)27-21)13(10-16(28)25-18)19(29)24-15-5-3-2-4-14(15)22/h2-9,13H,10H2,1H3,(H,24,29)(H3,23,25,26,27,28,30). The van der Waals surface area contributed by atoms with Gasteiger partial charge in [0.25, 0.3) is 5.56 Å². The van der Waals surface area contributed by atoms with Crippen LogP contribution in [0.1, 0.15) is 23.5 Å². The normalized spacial score (nSPS) is 15.1. The van der Waals surface area contributed by atoms with Gasteiger partial charge in [-0.1, -0.05) is 29.8 Å². The summed E-state index contributed by atoms with van der Waals surface area (Å²) in [6, 6.07) is 13.1. The number of rotatable bonds is 4. The predicted octanol–water partition coefficient (Wildman–Crippen LogP) is 3.03. The summed E-state index contributed by atoms with van der Waals surface area (Å²) in [5, 5.41) is 7.93. The van der Waals surface area contributed by atoms with Gasteiger partial charge < -0.3 is 16.0 Å². The van der Waals surface area contributed by atoms with Gasteiger partial charge in [-0.2, -0.15) is 4.98 Å². The second-order valence-electron chi connectivity index (χ2n) is 6.94. The van der Waals surface area contributed by atoms with Crippen molar-refractivity contribution in [3.05, 3.63) is 75.8 Å². The van der Waals surface area contributed by atoms with Gasteiger partial charge in [-0.3, -0.25) is 19.4 Å². The Morgan fingerprint density at radius 3 is 2.60 bits per heavy atom. The van der Waals surface area contributed by atoms with Crippen LogP contribution in [0.25, 0.3) is 0 Å². The summed E-state index contributed by atoms with van der Waals surface area (Å²) in [6.07, 6.45) is -0.247. The van der Waals surface area contributed by atoms with Gasteiger partial charge in [0.05, 0.1) is 17.2 Å². The average molecular weight is 407 g/mol. The van der Waals surface area contributed by atoms with Crippen molar-refractivity contribution in [1.82, 2.24) is 9.97 Å². The monoisotopic (exact) mass is 407 g/mol. The Morgan fingerprint density at radius 1 is 1.13 bits per heavy atom. The fraction of sp³-hybridized carbons (Fsp3) is 0.143. The number of H-pyrrole nitrogens is 1. The summed E-state index contributed by atoms with van der Waals surface area (Å²) in [6.45, 7) is 1.95. The summed E-state index contributed by atoms with van der Waals surface area (Å²) >= 11 is 0. The van der Waals surface area contributed by atoms with Gasteiger partial charge in [-0.15, -0.1) is 0 Å². The summed E-state index contributed by atoms with van der Waals surface area (Å²) in [5.41, 5.74) is 1.20. The van der Waals surface area contributed by atoms with Gasteiger partial charge in [0.1, 0.15) is 11.6 Å². The lowest BCUT2D eigenvalue weighted by Gasteiger charge is -2.23. The van der Waals surface area contributed by atoms with Crippen LogP contribution in [0.15, 0.2) is 53.3 Å². The van der Waals surface area contributed by atoms with Gasteiger partial charge in [-0.05, 0) is 31.2 Å². The van der Waals surface area contributed by atoms with E-state index in [1.54, 1.807) is 6.07 Å². The highest BCUT2D eigenvalue weighted by Crippen LogP contribution is 2.30. The van der Waals surface area contributed by atoms with Crippen LogP contribution in [0.4, 0.5) is 27.5 Å². The van der Waals surface area contributed by atoms with Crippen LogP contribution < -0.4 is 21.5 Å². The van der Waals surface area contributed by atoms with E-state index in [1.165, 1.54) is 18.2 Å². The van der Waals surface area contributed by atoms with Crippen LogP contribution in [0.3, 0.4) is 0 Å². The Bertz CT molecular complexity index is 1190. The summed E-state index contributed by atoms with van der Waals surface area (Å²) in [4.78, 5) is 44.4. The highest BCUT2D eigenvalue weighted by Gasteiger charge is 2.35. The molecule has 1 atom stereocenters. The van der Waals surface area contributed by atoms with E-state index >= 15 is 0 Å². The second-order valence-corrected chi connectivity index (χ2v) is 6.94. The number of fused-ring (bicyclic) bond motifs is 1. The van der Waals surface area contributed by atoms with Crippen LogP contribution in [0.2, 0.25) is 0 Å². The molecule has 8 nitrogen and oxygen atoms in total. The minimum absolute atomic E-state index is 0.00158. The van der Waals surface area contributed by atoms with Crippen molar-refractivity contribution in [2.75, 3.05) is 16.0 Å². The molecule has 0 fully saturated rings. The number of carbonyl (C=O) groups excluding carboxylic acids is 2. The first-order valence-electron chi connectivity index (χ1n) is 9.24.